The lowest BCUT2D eigenvalue weighted by molar-refractivity contribution is 0.0926. The van der Waals surface area contributed by atoms with Crippen molar-refractivity contribution in [1.82, 2.24) is 20.4 Å². The zero-order valence-corrected chi connectivity index (χ0v) is 20.7. The van der Waals surface area contributed by atoms with E-state index >= 15 is 0 Å². The van der Waals surface area contributed by atoms with E-state index in [2.05, 4.69) is 21.5 Å². The van der Waals surface area contributed by atoms with E-state index in [1.807, 2.05) is 38.1 Å². The molecule has 2 aliphatic rings. The molecule has 36 heavy (non-hydrogen) atoms. The number of piperidine rings is 1. The van der Waals surface area contributed by atoms with Gasteiger partial charge in [0.05, 0.1) is 23.9 Å². The molecule has 3 aromatic rings. The number of nitrogens with two attached hydrogens (primary N) is 1. The number of likely N-dealkylation sites (tertiary alicyclic amines) is 1. The van der Waals surface area contributed by atoms with Crippen LogP contribution in [0.15, 0.2) is 40.9 Å². The zero-order chi connectivity index (χ0) is 25.2. The quantitative estimate of drug-likeness (QED) is 0.454. The molecule has 1 saturated heterocycles. The van der Waals surface area contributed by atoms with Crippen molar-refractivity contribution in [2.75, 3.05) is 18.8 Å². The minimum Gasteiger partial charge on any atom is -0.489 e. The van der Waals surface area contributed by atoms with Crippen LogP contribution in [0.2, 0.25) is 0 Å². The third-order valence-electron chi connectivity index (χ3n) is 6.84. The number of benzene rings is 2. The number of anilines is 1. The van der Waals surface area contributed by atoms with Crippen LogP contribution in [0.4, 0.5) is 10.5 Å². The number of aliphatic hydroxyl groups excluding tert-OH is 1. The molecule has 1 fully saturated rings. The standard InChI is InChI=1S/C27H33N5O4/c1-16(2)35-24-10-9-17(15-22(24)28)26-30-25(31-36-26)21-7-3-6-20-19(21)5-4-8-23(20)29-27(34)32-13-11-18(33)12-14-32/h3,6-7,9-10,15-16,18,23,33H,4-5,8,11-14,28H2,1-2H3,(H,29,34)/t23-/m1/s1. The summed E-state index contributed by atoms with van der Waals surface area (Å²) < 4.78 is 11.3. The van der Waals surface area contributed by atoms with Gasteiger partial charge in [-0.05, 0) is 75.3 Å². The Labute approximate surface area is 210 Å². The average Bonchev–Trinajstić information content (AvgIpc) is 3.35. The van der Waals surface area contributed by atoms with Gasteiger partial charge in [-0.25, -0.2) is 4.79 Å². The van der Waals surface area contributed by atoms with Gasteiger partial charge in [-0.1, -0.05) is 23.4 Å². The van der Waals surface area contributed by atoms with E-state index in [4.69, 9.17) is 15.0 Å². The second-order valence-electron chi connectivity index (χ2n) is 9.83. The lowest BCUT2D eigenvalue weighted by Gasteiger charge is -2.33. The molecule has 2 aromatic carbocycles. The van der Waals surface area contributed by atoms with Gasteiger partial charge in [0, 0.05) is 24.2 Å². The molecule has 9 heteroatoms. The van der Waals surface area contributed by atoms with E-state index in [9.17, 15) is 9.90 Å². The Kier molecular flexibility index (Phi) is 6.82. The highest BCUT2D eigenvalue weighted by atomic mass is 16.5. The molecule has 0 saturated carbocycles. The number of rotatable bonds is 5. The third-order valence-corrected chi connectivity index (χ3v) is 6.84. The Morgan fingerprint density at radius 3 is 2.78 bits per heavy atom. The van der Waals surface area contributed by atoms with Gasteiger partial charge in [-0.2, -0.15) is 4.98 Å². The Morgan fingerprint density at radius 2 is 2.03 bits per heavy atom. The zero-order valence-electron chi connectivity index (χ0n) is 20.7. The predicted molar refractivity (Wildman–Crippen MR) is 136 cm³/mol. The normalized spacial score (nSPS) is 18.2. The Balaban J connectivity index is 1.36. The predicted octanol–water partition coefficient (Wildman–Crippen LogP) is 4.32. The van der Waals surface area contributed by atoms with Crippen LogP contribution < -0.4 is 15.8 Å². The van der Waals surface area contributed by atoms with Crippen molar-refractivity contribution in [2.24, 2.45) is 0 Å². The van der Waals surface area contributed by atoms with Crippen LogP contribution in [-0.4, -0.2) is 51.5 Å². The number of nitrogen functional groups attached to an aromatic ring is 1. The third kappa shape index (κ3) is 5.02. The number of ether oxygens (including phenoxy) is 1. The van der Waals surface area contributed by atoms with Crippen LogP contribution in [0.25, 0.3) is 22.8 Å². The van der Waals surface area contributed by atoms with Gasteiger partial charge in [0.15, 0.2) is 0 Å². The monoisotopic (exact) mass is 491 g/mol. The molecule has 4 N–H and O–H groups in total. The molecular formula is C27H33N5O4. The fourth-order valence-electron chi connectivity index (χ4n) is 5.01. The maximum atomic E-state index is 12.9. The number of nitrogens with one attached hydrogen (secondary N) is 1. The lowest BCUT2D eigenvalue weighted by atomic mass is 9.84. The van der Waals surface area contributed by atoms with Crippen molar-refractivity contribution in [2.45, 2.75) is 64.2 Å². The molecule has 1 aliphatic heterocycles. The van der Waals surface area contributed by atoms with Gasteiger partial charge < -0.3 is 30.3 Å². The summed E-state index contributed by atoms with van der Waals surface area (Å²) in [6, 6.07) is 11.3. The number of aliphatic hydroxyl groups is 1. The van der Waals surface area contributed by atoms with Crippen LogP contribution >= 0.6 is 0 Å². The summed E-state index contributed by atoms with van der Waals surface area (Å²) in [5, 5.41) is 17.2. The van der Waals surface area contributed by atoms with E-state index < -0.39 is 0 Å². The SMILES string of the molecule is CC(C)Oc1ccc(-c2nc(-c3cccc4c3CCC[C@H]4NC(=O)N3CCC(O)CC3)no2)cc1N. The van der Waals surface area contributed by atoms with Crippen LogP contribution in [0, 0.1) is 0 Å². The number of carbonyl (C=O) groups excluding carboxylic acids is 1. The van der Waals surface area contributed by atoms with Gasteiger partial charge in [0.25, 0.3) is 5.89 Å². The van der Waals surface area contributed by atoms with Crippen LogP contribution in [0.1, 0.15) is 56.7 Å². The summed E-state index contributed by atoms with van der Waals surface area (Å²) in [5.74, 6) is 1.53. The fraction of sp³-hybridized carbons (Fsp3) is 0.444. The van der Waals surface area contributed by atoms with Crippen molar-refractivity contribution >= 4 is 11.7 Å². The molecule has 0 radical (unpaired) electrons. The Morgan fingerprint density at radius 1 is 1.22 bits per heavy atom. The number of amides is 2. The number of carbonyl (C=O) groups is 1. The molecule has 1 aliphatic carbocycles. The van der Waals surface area contributed by atoms with Crippen molar-refractivity contribution < 1.29 is 19.2 Å². The van der Waals surface area contributed by atoms with E-state index in [1.165, 1.54) is 0 Å². The largest absolute Gasteiger partial charge is 0.489 e. The van der Waals surface area contributed by atoms with E-state index in [0.717, 1.165) is 41.5 Å². The van der Waals surface area contributed by atoms with E-state index in [0.29, 0.717) is 49.1 Å². The maximum Gasteiger partial charge on any atom is 0.317 e. The number of hydrogen-bond donors (Lipinski definition) is 3. The van der Waals surface area contributed by atoms with Crippen molar-refractivity contribution in [3.8, 4) is 28.6 Å². The number of fused-ring (bicyclic) bond motifs is 1. The molecule has 5 rings (SSSR count). The molecule has 190 valence electrons. The highest BCUT2D eigenvalue weighted by molar-refractivity contribution is 5.75. The van der Waals surface area contributed by atoms with Gasteiger partial charge in [-0.15, -0.1) is 0 Å². The fourth-order valence-corrected chi connectivity index (χ4v) is 5.01. The van der Waals surface area contributed by atoms with Gasteiger partial charge in [0.2, 0.25) is 5.82 Å². The minimum absolute atomic E-state index is 0.0266. The summed E-state index contributed by atoms with van der Waals surface area (Å²) in [6.45, 7) is 5.06. The number of nitrogens with zero attached hydrogens (tertiary/aromatic N) is 3. The molecule has 2 heterocycles. The first-order chi connectivity index (χ1) is 17.4. The Hall–Kier alpha value is -3.59. The second kappa shape index (κ2) is 10.2. The molecule has 0 spiro atoms. The molecule has 1 aromatic heterocycles. The molecule has 0 bridgehead atoms. The highest BCUT2D eigenvalue weighted by Gasteiger charge is 2.28. The highest BCUT2D eigenvalue weighted by Crippen LogP contribution is 2.36. The first-order valence-electron chi connectivity index (χ1n) is 12.6. The summed E-state index contributed by atoms with van der Waals surface area (Å²) >= 11 is 0. The van der Waals surface area contributed by atoms with E-state index in [1.54, 1.807) is 11.0 Å². The number of hydrogen-bond acceptors (Lipinski definition) is 7. The molecule has 9 nitrogen and oxygen atoms in total. The second-order valence-corrected chi connectivity index (χ2v) is 9.83. The smallest absolute Gasteiger partial charge is 0.317 e. The van der Waals surface area contributed by atoms with Gasteiger partial charge in [0.1, 0.15) is 5.75 Å². The first kappa shape index (κ1) is 24.1. The number of aromatic nitrogens is 2. The summed E-state index contributed by atoms with van der Waals surface area (Å²) in [6.07, 6.45) is 3.67. The number of urea groups is 1. The van der Waals surface area contributed by atoms with Crippen molar-refractivity contribution in [1.29, 1.82) is 0 Å². The van der Waals surface area contributed by atoms with Crippen LogP contribution in [0.5, 0.6) is 5.75 Å². The Bertz CT molecular complexity index is 1230. The summed E-state index contributed by atoms with van der Waals surface area (Å²) in [7, 11) is 0. The lowest BCUT2D eigenvalue weighted by Crippen LogP contribution is -2.46. The first-order valence-corrected chi connectivity index (χ1v) is 12.6. The van der Waals surface area contributed by atoms with Crippen molar-refractivity contribution in [3.05, 3.63) is 47.5 Å². The van der Waals surface area contributed by atoms with Crippen molar-refractivity contribution in [3.63, 3.8) is 0 Å². The van der Waals surface area contributed by atoms with E-state index in [-0.39, 0.29) is 24.3 Å². The molecule has 2 amide bonds. The summed E-state index contributed by atoms with van der Waals surface area (Å²) in [5.41, 5.74) is 10.5. The minimum atomic E-state index is -0.311. The van der Waals surface area contributed by atoms with Gasteiger partial charge in [-0.3, -0.25) is 0 Å². The van der Waals surface area contributed by atoms with Crippen LogP contribution in [-0.2, 0) is 6.42 Å². The molecule has 1 atom stereocenters. The topological polar surface area (TPSA) is 127 Å². The van der Waals surface area contributed by atoms with Gasteiger partial charge >= 0.3 is 6.03 Å². The molecular weight excluding hydrogens is 458 g/mol. The average molecular weight is 492 g/mol. The summed E-state index contributed by atoms with van der Waals surface area (Å²) in [4.78, 5) is 19.3. The van der Waals surface area contributed by atoms with Crippen LogP contribution in [0.3, 0.4) is 0 Å². The maximum absolute atomic E-state index is 12.9. The molecule has 0 unspecified atom stereocenters.